The van der Waals surface area contributed by atoms with Crippen LogP contribution in [0.25, 0.3) is 0 Å². The van der Waals surface area contributed by atoms with Crippen LogP contribution in [-0.2, 0) is 20.7 Å². The number of alkyl halides is 1. The van der Waals surface area contributed by atoms with Crippen molar-refractivity contribution in [3.8, 4) is 0 Å². The van der Waals surface area contributed by atoms with Gasteiger partial charge < -0.3 is 4.74 Å². The van der Waals surface area contributed by atoms with E-state index in [1.54, 1.807) is 0 Å². The lowest BCUT2D eigenvalue weighted by Gasteiger charge is -2.07. The van der Waals surface area contributed by atoms with Crippen molar-refractivity contribution < 1.29 is 14.3 Å². The summed E-state index contributed by atoms with van der Waals surface area (Å²) in [6.07, 6.45) is 1.37. The molecule has 3 nitrogen and oxygen atoms in total. The molecule has 0 aliphatic rings. The Hall–Kier alpha value is -1.16. The maximum Gasteiger partial charge on any atom is 0.327 e. The van der Waals surface area contributed by atoms with Gasteiger partial charge in [-0.2, -0.15) is 0 Å². The molecule has 0 aliphatic carbocycles. The average Bonchev–Trinajstić information content (AvgIpc) is 2.26. The van der Waals surface area contributed by atoms with Gasteiger partial charge in [0.15, 0.2) is 0 Å². The molecule has 1 aromatic carbocycles. The fraction of sp³-hybridized carbons (Fsp3) is 0.333. The quantitative estimate of drug-likeness (QED) is 0.485. The van der Waals surface area contributed by atoms with Crippen LogP contribution in [-0.4, -0.2) is 16.8 Å². The van der Waals surface area contributed by atoms with Crippen LogP contribution in [0.2, 0.25) is 0 Å². The zero-order valence-electron chi connectivity index (χ0n) is 8.98. The highest BCUT2D eigenvalue weighted by Crippen LogP contribution is 2.12. The molecule has 1 atom stereocenters. The summed E-state index contributed by atoms with van der Waals surface area (Å²) >= 11 is 3.20. The lowest BCUT2D eigenvalue weighted by atomic mass is 10.1. The van der Waals surface area contributed by atoms with Crippen LogP contribution in [0.15, 0.2) is 30.3 Å². The van der Waals surface area contributed by atoms with Gasteiger partial charge in [0.2, 0.25) is 0 Å². The Morgan fingerprint density at radius 3 is 2.50 bits per heavy atom. The third-order valence-corrected chi connectivity index (χ3v) is 2.86. The van der Waals surface area contributed by atoms with Crippen molar-refractivity contribution in [3.63, 3.8) is 0 Å². The summed E-state index contributed by atoms with van der Waals surface area (Å²) in [7, 11) is 0. The molecule has 16 heavy (non-hydrogen) atoms. The van der Waals surface area contributed by atoms with Gasteiger partial charge in [0, 0.05) is 6.92 Å². The maximum atomic E-state index is 11.3. The van der Waals surface area contributed by atoms with Crippen LogP contribution in [0, 0.1) is 0 Å². The monoisotopic (exact) mass is 284 g/mol. The first-order chi connectivity index (χ1) is 7.59. The number of esters is 2. The number of ether oxygens (including phenoxy) is 1. The summed E-state index contributed by atoms with van der Waals surface area (Å²) in [4.78, 5) is 21.4. The van der Waals surface area contributed by atoms with Gasteiger partial charge >= 0.3 is 11.9 Å². The second-order valence-electron chi connectivity index (χ2n) is 3.40. The molecule has 0 aromatic heterocycles. The van der Waals surface area contributed by atoms with Crippen molar-refractivity contribution in [2.75, 3.05) is 0 Å². The molecule has 1 rings (SSSR count). The van der Waals surface area contributed by atoms with E-state index in [1.165, 1.54) is 6.92 Å². The molecule has 0 spiro atoms. The number of halogens is 1. The second-order valence-corrected chi connectivity index (χ2v) is 4.51. The minimum Gasteiger partial charge on any atom is -0.393 e. The Morgan fingerprint density at radius 1 is 1.31 bits per heavy atom. The van der Waals surface area contributed by atoms with Crippen molar-refractivity contribution in [2.45, 2.75) is 24.6 Å². The molecule has 1 unspecified atom stereocenters. The Balaban J connectivity index is 2.38. The first kappa shape index (κ1) is 12.9. The lowest BCUT2D eigenvalue weighted by Crippen LogP contribution is -2.20. The van der Waals surface area contributed by atoms with Crippen molar-refractivity contribution in [2.24, 2.45) is 0 Å². The number of carbonyl (C=O) groups is 2. The Kier molecular flexibility index (Phi) is 5.19. The average molecular weight is 285 g/mol. The Bertz CT molecular complexity index is 362. The van der Waals surface area contributed by atoms with E-state index in [-0.39, 0.29) is 0 Å². The van der Waals surface area contributed by atoms with E-state index in [9.17, 15) is 9.59 Å². The number of hydrogen-bond donors (Lipinski definition) is 0. The van der Waals surface area contributed by atoms with Gasteiger partial charge in [0.25, 0.3) is 0 Å². The van der Waals surface area contributed by atoms with Crippen LogP contribution >= 0.6 is 15.9 Å². The largest absolute Gasteiger partial charge is 0.393 e. The minimum atomic E-state index is -0.575. The number of aryl methyl sites for hydroxylation is 1. The van der Waals surface area contributed by atoms with Gasteiger partial charge in [0.05, 0.1) is 0 Å². The highest BCUT2D eigenvalue weighted by atomic mass is 79.9. The summed E-state index contributed by atoms with van der Waals surface area (Å²) < 4.78 is 4.48. The topological polar surface area (TPSA) is 43.4 Å². The van der Waals surface area contributed by atoms with E-state index in [1.807, 2.05) is 30.3 Å². The van der Waals surface area contributed by atoms with Crippen LogP contribution in [0.3, 0.4) is 0 Å². The molecule has 0 heterocycles. The number of carbonyl (C=O) groups excluding carboxylic acids is 2. The smallest absolute Gasteiger partial charge is 0.327 e. The lowest BCUT2D eigenvalue weighted by molar-refractivity contribution is -0.157. The van der Waals surface area contributed by atoms with Gasteiger partial charge in [-0.3, -0.25) is 9.59 Å². The predicted molar refractivity (Wildman–Crippen MR) is 64.3 cm³/mol. The summed E-state index contributed by atoms with van der Waals surface area (Å²) in [5.41, 5.74) is 1.16. The molecule has 0 bridgehead atoms. The molecule has 0 aliphatic heterocycles. The highest BCUT2D eigenvalue weighted by Gasteiger charge is 2.17. The van der Waals surface area contributed by atoms with Crippen molar-refractivity contribution in [3.05, 3.63) is 35.9 Å². The van der Waals surface area contributed by atoms with Crippen LogP contribution in [0.4, 0.5) is 0 Å². The van der Waals surface area contributed by atoms with Gasteiger partial charge in [-0.05, 0) is 18.4 Å². The number of benzene rings is 1. The molecule has 0 fully saturated rings. The summed E-state index contributed by atoms with van der Waals surface area (Å²) in [6.45, 7) is 1.22. The maximum absolute atomic E-state index is 11.3. The van der Waals surface area contributed by atoms with Crippen LogP contribution < -0.4 is 0 Å². The van der Waals surface area contributed by atoms with Crippen LogP contribution in [0.1, 0.15) is 18.9 Å². The number of hydrogen-bond acceptors (Lipinski definition) is 3. The minimum absolute atomic E-state index is 0.434. The standard InChI is InChI=1S/C12H13BrO3/c1-9(14)16-12(15)11(13)8-7-10-5-3-2-4-6-10/h2-6,11H,7-8H2,1H3. The predicted octanol–water partition coefficient (Wildman–Crippen LogP) is 2.47. The summed E-state index contributed by atoms with van der Waals surface area (Å²) in [5.74, 6) is -1.10. The first-order valence-electron chi connectivity index (χ1n) is 5.00. The molecule has 0 N–H and O–H groups in total. The highest BCUT2D eigenvalue weighted by molar-refractivity contribution is 9.10. The molecule has 86 valence electrons. The first-order valence-corrected chi connectivity index (χ1v) is 5.91. The zero-order valence-corrected chi connectivity index (χ0v) is 10.6. The van der Waals surface area contributed by atoms with Crippen molar-refractivity contribution >= 4 is 27.9 Å². The van der Waals surface area contributed by atoms with E-state index in [0.29, 0.717) is 6.42 Å². The molecule has 4 heteroatoms. The van der Waals surface area contributed by atoms with E-state index in [2.05, 4.69) is 20.7 Å². The van der Waals surface area contributed by atoms with Crippen molar-refractivity contribution in [1.82, 2.24) is 0 Å². The van der Waals surface area contributed by atoms with Gasteiger partial charge in [-0.15, -0.1) is 0 Å². The Labute approximate surface area is 103 Å². The normalized spacial score (nSPS) is 11.9. The van der Waals surface area contributed by atoms with E-state index in [4.69, 9.17) is 0 Å². The molecular formula is C12H13BrO3. The second kappa shape index (κ2) is 6.43. The SMILES string of the molecule is CC(=O)OC(=O)C(Br)CCc1ccccc1. The zero-order chi connectivity index (χ0) is 12.0. The number of rotatable bonds is 4. The molecule has 0 amide bonds. The van der Waals surface area contributed by atoms with E-state index in [0.717, 1.165) is 12.0 Å². The third-order valence-electron chi connectivity index (χ3n) is 2.03. The Morgan fingerprint density at radius 2 is 1.94 bits per heavy atom. The molecule has 0 radical (unpaired) electrons. The van der Waals surface area contributed by atoms with Crippen molar-refractivity contribution in [1.29, 1.82) is 0 Å². The van der Waals surface area contributed by atoms with Gasteiger partial charge in [0.1, 0.15) is 4.83 Å². The fourth-order valence-corrected chi connectivity index (χ4v) is 1.58. The molecular weight excluding hydrogens is 272 g/mol. The van der Waals surface area contributed by atoms with E-state index < -0.39 is 16.8 Å². The van der Waals surface area contributed by atoms with Crippen LogP contribution in [0.5, 0.6) is 0 Å². The van der Waals surface area contributed by atoms with Gasteiger partial charge in [-0.1, -0.05) is 46.3 Å². The third kappa shape index (κ3) is 4.57. The van der Waals surface area contributed by atoms with E-state index >= 15 is 0 Å². The molecule has 1 aromatic rings. The molecule has 0 saturated heterocycles. The summed E-state index contributed by atoms with van der Waals surface area (Å²) in [5, 5.41) is 0. The van der Waals surface area contributed by atoms with Gasteiger partial charge in [-0.25, -0.2) is 0 Å². The summed E-state index contributed by atoms with van der Waals surface area (Å²) in [6, 6.07) is 9.84. The molecule has 0 saturated carbocycles. The fourth-order valence-electron chi connectivity index (χ4n) is 1.26.